The van der Waals surface area contributed by atoms with Crippen molar-refractivity contribution in [3.63, 3.8) is 0 Å². The second kappa shape index (κ2) is 7.22. The van der Waals surface area contributed by atoms with E-state index in [4.69, 9.17) is 9.84 Å². The molecule has 4 heteroatoms. The Morgan fingerprint density at radius 2 is 1.82 bits per heavy atom. The molecule has 0 radical (unpaired) electrons. The molecule has 0 spiro atoms. The average Bonchev–Trinajstić information content (AvgIpc) is 2.51. The fourth-order valence-electron chi connectivity index (χ4n) is 2.03. The summed E-state index contributed by atoms with van der Waals surface area (Å²) in [4.78, 5) is 10.6. The minimum Gasteiger partial charge on any atom is -0.497 e. The normalized spacial score (nSPS) is 11.6. The first-order valence-electron chi connectivity index (χ1n) is 6.62. The van der Waals surface area contributed by atoms with Gasteiger partial charge in [-0.15, -0.1) is 0 Å². The topological polar surface area (TPSA) is 46.5 Å². The molecule has 0 aliphatic heterocycles. The number of carboxylic acid groups (broad SMARTS) is 1. The highest BCUT2D eigenvalue weighted by atomic mass is 19.1. The summed E-state index contributed by atoms with van der Waals surface area (Å²) < 4.78 is 18.7. The number of benzene rings is 2. The lowest BCUT2D eigenvalue weighted by Crippen LogP contribution is -1.91. The van der Waals surface area contributed by atoms with E-state index < -0.39 is 5.97 Å². The van der Waals surface area contributed by atoms with Gasteiger partial charge in [0.1, 0.15) is 11.6 Å². The lowest BCUT2D eigenvalue weighted by Gasteiger charge is -2.09. The fraction of sp³-hybridized carbons (Fsp3) is 0.0556. The van der Waals surface area contributed by atoms with Crippen molar-refractivity contribution in [3.8, 4) is 5.75 Å². The molecule has 0 saturated heterocycles. The van der Waals surface area contributed by atoms with Crippen molar-refractivity contribution >= 4 is 11.5 Å². The molecule has 0 unspecified atom stereocenters. The molecule has 1 N–H and O–H groups in total. The summed E-state index contributed by atoms with van der Waals surface area (Å²) in [6.45, 7) is 0. The van der Waals surface area contributed by atoms with Crippen molar-refractivity contribution in [1.82, 2.24) is 0 Å². The van der Waals surface area contributed by atoms with E-state index in [0.29, 0.717) is 16.9 Å². The van der Waals surface area contributed by atoms with Crippen molar-refractivity contribution in [3.05, 3.63) is 83.7 Å². The molecule has 3 nitrogen and oxygen atoms in total. The van der Waals surface area contributed by atoms with Crippen LogP contribution in [0.15, 0.2) is 66.8 Å². The number of hydrogen-bond acceptors (Lipinski definition) is 2. The Balaban J connectivity index is 2.51. The quantitative estimate of drug-likeness (QED) is 0.672. The molecule has 112 valence electrons. The minimum atomic E-state index is -1.04. The molecule has 2 aromatic carbocycles. The highest BCUT2D eigenvalue weighted by Crippen LogP contribution is 2.27. The van der Waals surface area contributed by atoms with Gasteiger partial charge >= 0.3 is 5.97 Å². The molecule has 0 aliphatic carbocycles. The molecular weight excluding hydrogens is 283 g/mol. The Hall–Kier alpha value is -2.88. The van der Waals surface area contributed by atoms with Gasteiger partial charge in [-0.1, -0.05) is 36.4 Å². The average molecular weight is 298 g/mol. The Morgan fingerprint density at radius 1 is 1.14 bits per heavy atom. The number of rotatable bonds is 5. The van der Waals surface area contributed by atoms with Crippen molar-refractivity contribution in [2.24, 2.45) is 0 Å². The third-order valence-corrected chi connectivity index (χ3v) is 3.02. The van der Waals surface area contributed by atoms with E-state index in [-0.39, 0.29) is 5.82 Å². The monoisotopic (exact) mass is 298 g/mol. The highest BCUT2D eigenvalue weighted by molar-refractivity contribution is 5.84. The number of carbonyl (C=O) groups is 1. The molecule has 0 aliphatic rings. The molecule has 0 atom stereocenters. The lowest BCUT2D eigenvalue weighted by molar-refractivity contribution is -0.131. The molecule has 0 bridgehead atoms. The lowest BCUT2D eigenvalue weighted by atomic mass is 9.97. The number of halogens is 1. The maximum absolute atomic E-state index is 13.5. The number of hydrogen-bond donors (Lipinski definition) is 1. The van der Waals surface area contributed by atoms with Crippen LogP contribution >= 0.6 is 0 Å². The zero-order chi connectivity index (χ0) is 15.9. The maximum Gasteiger partial charge on any atom is 0.328 e. The smallest absolute Gasteiger partial charge is 0.328 e. The molecule has 0 heterocycles. The van der Waals surface area contributed by atoms with Gasteiger partial charge in [-0.05, 0) is 41.0 Å². The molecule has 22 heavy (non-hydrogen) atoms. The molecule has 2 aromatic rings. The number of aliphatic carboxylic acids is 1. The van der Waals surface area contributed by atoms with Crippen LogP contribution in [0.25, 0.3) is 5.57 Å². The van der Waals surface area contributed by atoms with E-state index in [1.807, 2.05) is 18.2 Å². The number of methoxy groups -OCH3 is 1. The van der Waals surface area contributed by atoms with Crippen molar-refractivity contribution in [2.45, 2.75) is 0 Å². The van der Waals surface area contributed by atoms with Gasteiger partial charge in [0.25, 0.3) is 0 Å². The van der Waals surface area contributed by atoms with Crippen LogP contribution < -0.4 is 4.74 Å². The second-order valence-corrected chi connectivity index (χ2v) is 4.52. The van der Waals surface area contributed by atoms with Crippen molar-refractivity contribution in [2.75, 3.05) is 7.11 Å². The Morgan fingerprint density at radius 3 is 2.45 bits per heavy atom. The van der Waals surface area contributed by atoms with E-state index in [1.165, 1.54) is 18.2 Å². The Kier molecular flexibility index (Phi) is 5.09. The SMILES string of the molecule is COc1cccc(C(=CC=CC(=O)O)c2cccc(F)c2)c1. The molecule has 2 rings (SSSR count). The van der Waals surface area contributed by atoms with Crippen LogP contribution in [0, 0.1) is 5.82 Å². The Labute approximate surface area is 128 Å². The van der Waals surface area contributed by atoms with Crippen LogP contribution in [-0.4, -0.2) is 18.2 Å². The van der Waals surface area contributed by atoms with Gasteiger partial charge in [0.2, 0.25) is 0 Å². The summed E-state index contributed by atoms with van der Waals surface area (Å²) in [5, 5.41) is 8.70. The van der Waals surface area contributed by atoms with E-state index in [2.05, 4.69) is 0 Å². The molecular formula is C18H15FO3. The van der Waals surface area contributed by atoms with E-state index >= 15 is 0 Å². The van der Waals surface area contributed by atoms with Gasteiger partial charge in [-0.2, -0.15) is 0 Å². The largest absolute Gasteiger partial charge is 0.497 e. The van der Waals surface area contributed by atoms with Crippen LogP contribution in [0.5, 0.6) is 5.75 Å². The molecule has 0 amide bonds. The molecule has 0 aromatic heterocycles. The van der Waals surface area contributed by atoms with Gasteiger partial charge in [-0.25, -0.2) is 9.18 Å². The third kappa shape index (κ3) is 4.06. The van der Waals surface area contributed by atoms with E-state index in [9.17, 15) is 9.18 Å². The second-order valence-electron chi connectivity index (χ2n) is 4.52. The number of ether oxygens (including phenoxy) is 1. The van der Waals surface area contributed by atoms with Crippen molar-refractivity contribution < 1.29 is 19.0 Å². The summed E-state index contributed by atoms with van der Waals surface area (Å²) in [6.07, 6.45) is 4.08. The minimum absolute atomic E-state index is 0.353. The van der Waals surface area contributed by atoms with Crippen LogP contribution in [0.4, 0.5) is 4.39 Å². The van der Waals surface area contributed by atoms with Crippen molar-refractivity contribution in [1.29, 1.82) is 0 Å². The summed E-state index contributed by atoms with van der Waals surface area (Å²) in [6, 6.07) is 13.4. The predicted molar refractivity (Wildman–Crippen MR) is 83.2 cm³/mol. The zero-order valence-corrected chi connectivity index (χ0v) is 12.0. The van der Waals surface area contributed by atoms with E-state index in [1.54, 1.807) is 31.4 Å². The van der Waals surface area contributed by atoms with Crippen LogP contribution in [-0.2, 0) is 4.79 Å². The predicted octanol–water partition coefficient (Wildman–Crippen LogP) is 3.91. The van der Waals surface area contributed by atoms with Gasteiger partial charge in [-0.3, -0.25) is 0 Å². The van der Waals surface area contributed by atoms with Gasteiger partial charge in [0.15, 0.2) is 0 Å². The molecule has 0 saturated carbocycles. The van der Waals surface area contributed by atoms with Crippen LogP contribution in [0.1, 0.15) is 11.1 Å². The summed E-state index contributed by atoms with van der Waals surface area (Å²) in [5.41, 5.74) is 2.17. The molecule has 0 fully saturated rings. The van der Waals surface area contributed by atoms with Gasteiger partial charge in [0.05, 0.1) is 7.11 Å². The first-order valence-corrected chi connectivity index (χ1v) is 6.62. The third-order valence-electron chi connectivity index (χ3n) is 3.02. The number of allylic oxidation sites excluding steroid dienone is 2. The number of carboxylic acids is 1. The summed E-state index contributed by atoms with van der Waals surface area (Å²) >= 11 is 0. The van der Waals surface area contributed by atoms with Crippen LogP contribution in [0.2, 0.25) is 0 Å². The zero-order valence-electron chi connectivity index (χ0n) is 12.0. The first kappa shape index (κ1) is 15.5. The Bertz CT molecular complexity index is 733. The standard InChI is InChI=1S/C18H15FO3/c1-22-16-8-3-6-14(12-16)17(9-4-10-18(20)21)13-5-2-7-15(19)11-13/h2-12H,1H3,(H,20,21). The summed E-state index contributed by atoms with van der Waals surface area (Å²) in [7, 11) is 1.56. The summed E-state index contributed by atoms with van der Waals surface area (Å²) in [5.74, 6) is -0.726. The highest BCUT2D eigenvalue weighted by Gasteiger charge is 2.06. The maximum atomic E-state index is 13.5. The van der Waals surface area contributed by atoms with Crippen LogP contribution in [0.3, 0.4) is 0 Å². The van der Waals surface area contributed by atoms with E-state index in [0.717, 1.165) is 11.6 Å². The van der Waals surface area contributed by atoms with Gasteiger partial charge < -0.3 is 9.84 Å². The van der Waals surface area contributed by atoms with Gasteiger partial charge in [0, 0.05) is 6.08 Å². The first-order chi connectivity index (χ1) is 10.6. The fourth-order valence-corrected chi connectivity index (χ4v) is 2.03.